The van der Waals surface area contributed by atoms with Crippen molar-refractivity contribution in [1.29, 1.82) is 0 Å². The second-order valence-corrected chi connectivity index (χ2v) is 15.3. The zero-order valence-electron chi connectivity index (χ0n) is 23.8. The van der Waals surface area contributed by atoms with Crippen LogP contribution in [0.1, 0.15) is 103 Å². The molecule has 6 rings (SSSR count). The summed E-state index contributed by atoms with van der Waals surface area (Å²) in [6, 6.07) is 22.8. The summed E-state index contributed by atoms with van der Waals surface area (Å²) in [4.78, 5) is 9.89. The number of aromatic nitrogens is 2. The van der Waals surface area contributed by atoms with Crippen LogP contribution in [0.25, 0.3) is 23.3 Å². The summed E-state index contributed by atoms with van der Waals surface area (Å²) in [6.07, 6.45) is 8.99. The third-order valence-corrected chi connectivity index (χ3v) is 12.9. The van der Waals surface area contributed by atoms with Crippen molar-refractivity contribution >= 4 is 23.3 Å². The Morgan fingerprint density at radius 1 is 0.590 bits per heavy atom. The summed E-state index contributed by atoms with van der Waals surface area (Å²) in [5.41, 5.74) is 16.3. The van der Waals surface area contributed by atoms with E-state index in [1.54, 1.807) is 0 Å². The molecule has 2 unspecified atom stereocenters. The van der Waals surface area contributed by atoms with Crippen molar-refractivity contribution in [3.8, 4) is 0 Å². The van der Waals surface area contributed by atoms with Crippen LogP contribution >= 0.6 is 0 Å². The molecule has 2 aliphatic carbocycles. The van der Waals surface area contributed by atoms with Gasteiger partial charge in [0.05, 0.1) is 0 Å². The molecule has 4 aromatic rings. The van der Waals surface area contributed by atoms with E-state index >= 15 is 0 Å². The predicted molar refractivity (Wildman–Crippen MR) is 160 cm³/mol. The van der Waals surface area contributed by atoms with Gasteiger partial charge in [0, 0.05) is 0 Å². The monoisotopic (exact) mass is 586 g/mol. The molecular weight excluding hydrogens is 552 g/mol. The number of rotatable bonds is 6. The molecule has 0 spiro atoms. The number of hydrogen-bond donors (Lipinski definition) is 0. The van der Waals surface area contributed by atoms with Crippen molar-refractivity contribution in [2.75, 3.05) is 0 Å². The molecule has 0 saturated heterocycles. The molecule has 0 bridgehead atoms. The van der Waals surface area contributed by atoms with Crippen LogP contribution in [0, 0.1) is 13.8 Å². The number of allylic oxidation sites excluding steroid dienone is 2. The normalized spacial score (nSPS) is 17.7. The van der Waals surface area contributed by atoms with Crippen LogP contribution in [-0.2, 0) is 23.2 Å². The van der Waals surface area contributed by atoms with Crippen LogP contribution < -0.4 is 0 Å². The fourth-order valence-electron chi connectivity index (χ4n) is 6.11. The van der Waals surface area contributed by atoms with Crippen LogP contribution in [0.15, 0.2) is 73.1 Å². The summed E-state index contributed by atoms with van der Waals surface area (Å²) in [5, 5.41) is 0. The Hall–Kier alpha value is -2.90. The van der Waals surface area contributed by atoms with Gasteiger partial charge in [0.2, 0.25) is 0 Å². The van der Waals surface area contributed by atoms with E-state index in [1.807, 2.05) is 12.4 Å². The molecule has 2 atom stereocenters. The Morgan fingerprint density at radius 2 is 1.03 bits per heavy atom. The molecule has 194 valence electrons. The van der Waals surface area contributed by atoms with E-state index < -0.39 is 23.2 Å². The summed E-state index contributed by atoms with van der Waals surface area (Å²) in [7, 11) is 0. The molecule has 2 aromatic heterocycles. The zero-order valence-corrected chi connectivity index (χ0v) is 26.2. The SMILES string of the molecule is Cc1ccc(C2=Cc3c(C(C)C)cccc3[CH]2[Zr][CH]2C(c3ccc(C)cn3)=Cc3c(C(C)C)cccc32)nc1. The fraction of sp³-hybridized carbons (Fsp3) is 0.278. The Labute approximate surface area is 244 Å². The van der Waals surface area contributed by atoms with E-state index in [0.717, 1.165) is 11.4 Å². The molecule has 0 amide bonds. The number of hydrogen-bond acceptors (Lipinski definition) is 2. The first-order chi connectivity index (χ1) is 18.8. The minimum absolute atomic E-state index is 0.435. The Morgan fingerprint density at radius 3 is 1.38 bits per heavy atom. The maximum atomic E-state index is 4.94. The van der Waals surface area contributed by atoms with Crippen molar-refractivity contribution < 1.29 is 23.2 Å². The average Bonchev–Trinajstić information content (AvgIpc) is 3.48. The molecule has 2 aromatic carbocycles. The third-order valence-electron chi connectivity index (χ3n) is 8.18. The Balaban J connectivity index is 1.50. The van der Waals surface area contributed by atoms with Gasteiger partial charge in [-0.25, -0.2) is 0 Å². The summed E-state index contributed by atoms with van der Waals surface area (Å²) in [6.45, 7) is 13.5. The first-order valence-electron chi connectivity index (χ1n) is 14.1. The molecule has 2 heterocycles. The van der Waals surface area contributed by atoms with Gasteiger partial charge in [-0.3, -0.25) is 0 Å². The summed E-state index contributed by atoms with van der Waals surface area (Å²) < 4.78 is 0.870. The van der Waals surface area contributed by atoms with E-state index in [0.29, 0.717) is 19.1 Å². The van der Waals surface area contributed by atoms with Crippen LogP contribution in [-0.4, -0.2) is 9.97 Å². The van der Waals surface area contributed by atoms with Gasteiger partial charge in [0.1, 0.15) is 0 Å². The topological polar surface area (TPSA) is 25.8 Å². The van der Waals surface area contributed by atoms with Gasteiger partial charge >= 0.3 is 246 Å². The van der Waals surface area contributed by atoms with Gasteiger partial charge < -0.3 is 0 Å². The van der Waals surface area contributed by atoms with Gasteiger partial charge in [-0.1, -0.05) is 0 Å². The first-order valence-corrected chi connectivity index (χ1v) is 17.0. The van der Waals surface area contributed by atoms with Crippen molar-refractivity contribution in [3.05, 3.63) is 129 Å². The fourth-order valence-corrected chi connectivity index (χ4v) is 11.1. The molecule has 39 heavy (non-hydrogen) atoms. The third kappa shape index (κ3) is 4.85. The second-order valence-electron chi connectivity index (χ2n) is 11.7. The summed E-state index contributed by atoms with van der Waals surface area (Å²) in [5.74, 6) is 0.973. The van der Waals surface area contributed by atoms with Crippen LogP contribution in [0.3, 0.4) is 0 Å². The number of benzene rings is 2. The van der Waals surface area contributed by atoms with Gasteiger partial charge in [0.25, 0.3) is 0 Å². The maximum absolute atomic E-state index is 4.94. The number of pyridine rings is 2. The van der Waals surface area contributed by atoms with Crippen LogP contribution in [0.2, 0.25) is 0 Å². The molecular formula is C36H36N2Zr. The van der Waals surface area contributed by atoms with Gasteiger partial charge in [-0.15, -0.1) is 0 Å². The van der Waals surface area contributed by atoms with Crippen LogP contribution in [0.5, 0.6) is 0 Å². The van der Waals surface area contributed by atoms with Gasteiger partial charge in [-0.2, -0.15) is 0 Å². The molecule has 0 aliphatic heterocycles. The number of aryl methyl sites for hydroxylation is 2. The van der Waals surface area contributed by atoms with Crippen LogP contribution in [0.4, 0.5) is 0 Å². The van der Waals surface area contributed by atoms with Crippen molar-refractivity contribution in [3.63, 3.8) is 0 Å². The van der Waals surface area contributed by atoms with Crippen molar-refractivity contribution in [2.45, 2.75) is 60.6 Å². The number of nitrogens with zero attached hydrogens (tertiary/aromatic N) is 2. The molecule has 0 saturated carbocycles. The second kappa shape index (κ2) is 10.6. The van der Waals surface area contributed by atoms with E-state index in [4.69, 9.17) is 9.97 Å². The minimum atomic E-state index is -1.14. The molecule has 3 heteroatoms. The Bertz CT molecular complexity index is 1470. The quantitative estimate of drug-likeness (QED) is 0.225. The average molecular weight is 588 g/mol. The van der Waals surface area contributed by atoms with E-state index in [2.05, 4.69) is 114 Å². The molecule has 0 fully saturated rings. The molecule has 2 aliphatic rings. The van der Waals surface area contributed by atoms with Crippen molar-refractivity contribution in [1.82, 2.24) is 9.97 Å². The van der Waals surface area contributed by atoms with Gasteiger partial charge in [0.15, 0.2) is 0 Å². The Kier molecular flexibility index (Phi) is 7.15. The standard InChI is InChI=1S/2C18H18N.Zr/c2*1-12(2)16-6-4-5-14-9-15(10-17(14)16)18-8-7-13(3)11-19-18;/h2*4-12H,1-3H3;. The molecule has 0 radical (unpaired) electrons. The van der Waals surface area contributed by atoms with E-state index in [9.17, 15) is 0 Å². The van der Waals surface area contributed by atoms with Crippen molar-refractivity contribution in [2.24, 2.45) is 0 Å². The molecule has 0 N–H and O–H groups in total. The van der Waals surface area contributed by atoms with E-state index in [-0.39, 0.29) is 0 Å². The molecule has 2 nitrogen and oxygen atoms in total. The predicted octanol–water partition coefficient (Wildman–Crippen LogP) is 9.31. The number of fused-ring (bicyclic) bond motifs is 2. The summed E-state index contributed by atoms with van der Waals surface area (Å²) >= 11 is -1.14. The zero-order chi connectivity index (χ0) is 27.3. The first kappa shape index (κ1) is 26.3. The van der Waals surface area contributed by atoms with E-state index in [1.165, 1.54) is 55.7 Å². The van der Waals surface area contributed by atoms with Gasteiger partial charge in [-0.05, 0) is 0 Å².